The van der Waals surface area contributed by atoms with E-state index >= 15 is 0 Å². The number of aliphatic hydroxyl groups is 2. The Morgan fingerprint density at radius 2 is 2.03 bits per heavy atom. The molecule has 0 aliphatic heterocycles. The molecular weight excluding hydrogens is 494 g/mol. The van der Waals surface area contributed by atoms with E-state index in [-0.39, 0.29) is 40.2 Å². The summed E-state index contributed by atoms with van der Waals surface area (Å²) in [4.78, 5) is 17.9. The van der Waals surface area contributed by atoms with Gasteiger partial charge in [-0.2, -0.15) is 5.10 Å². The number of allylic oxidation sites excluding steroid dienone is 1. The van der Waals surface area contributed by atoms with E-state index < -0.39 is 17.1 Å². The summed E-state index contributed by atoms with van der Waals surface area (Å²) < 4.78 is 2.14. The van der Waals surface area contributed by atoms with Gasteiger partial charge in [0, 0.05) is 11.6 Å². The van der Waals surface area contributed by atoms with Crippen molar-refractivity contribution in [3.05, 3.63) is 47.4 Å². The van der Waals surface area contributed by atoms with Gasteiger partial charge in [-0.25, -0.2) is 4.98 Å². The number of carbonyl (C=O) groups is 1. The summed E-state index contributed by atoms with van der Waals surface area (Å²) in [6.07, 6.45) is 10.2. The number of aliphatic hydroxyl groups excluding tert-OH is 1. The zero-order valence-corrected chi connectivity index (χ0v) is 24.1. The second-order valence-electron chi connectivity index (χ2n) is 13.7. The van der Waals surface area contributed by atoms with Gasteiger partial charge in [-0.1, -0.05) is 37.2 Å². The fourth-order valence-electron chi connectivity index (χ4n) is 8.87. The number of hydrogen-bond acceptors (Lipinski definition) is 6. The quantitative estimate of drug-likeness (QED) is 0.518. The number of carbonyl (C=O) groups excluding carboxylic acids is 1. The Morgan fingerprint density at radius 1 is 1.24 bits per heavy atom. The maximum Gasteiger partial charge on any atom is 0.175 e. The van der Waals surface area contributed by atoms with E-state index in [4.69, 9.17) is 5.10 Å². The number of Topliss-reactive ketones (excluding diaryl/α,β-unsaturated/α-hetero) is 1. The largest absolute Gasteiger partial charge is 0.393 e. The highest BCUT2D eigenvalue weighted by atomic mass is 32.2. The Balaban J connectivity index is 1.28. The van der Waals surface area contributed by atoms with Crippen LogP contribution in [-0.2, 0) is 16.8 Å². The minimum atomic E-state index is -1.41. The number of rotatable bonds is 4. The van der Waals surface area contributed by atoms with Crippen LogP contribution in [0.5, 0.6) is 0 Å². The van der Waals surface area contributed by atoms with Crippen molar-refractivity contribution < 1.29 is 15.0 Å². The Labute approximate surface area is 230 Å². The second kappa shape index (κ2) is 8.77. The summed E-state index contributed by atoms with van der Waals surface area (Å²) in [7, 11) is 0. The third kappa shape index (κ3) is 3.71. The van der Waals surface area contributed by atoms with Crippen molar-refractivity contribution in [3.8, 4) is 0 Å². The predicted molar refractivity (Wildman–Crippen MR) is 150 cm³/mol. The number of thioether (sulfide) groups is 1. The monoisotopic (exact) mass is 535 g/mol. The molecule has 0 bridgehead atoms. The molecule has 7 atom stereocenters. The van der Waals surface area contributed by atoms with Gasteiger partial charge in [-0.15, -0.1) is 0 Å². The van der Waals surface area contributed by atoms with Gasteiger partial charge in [0.1, 0.15) is 5.60 Å². The van der Waals surface area contributed by atoms with Crippen LogP contribution in [0.3, 0.4) is 0 Å². The van der Waals surface area contributed by atoms with E-state index in [0.29, 0.717) is 12.8 Å². The molecule has 0 amide bonds. The maximum absolute atomic E-state index is 13.6. The smallest absolute Gasteiger partial charge is 0.175 e. The normalized spacial score (nSPS) is 38.0. The molecule has 3 saturated carbocycles. The van der Waals surface area contributed by atoms with Crippen molar-refractivity contribution in [1.29, 1.82) is 0 Å². The first-order valence-electron chi connectivity index (χ1n) is 14.1. The van der Waals surface area contributed by atoms with Crippen LogP contribution in [0, 0.1) is 28.6 Å². The highest BCUT2D eigenvalue weighted by molar-refractivity contribution is 7.99. The Kier molecular flexibility index (Phi) is 6.06. The van der Waals surface area contributed by atoms with E-state index in [1.54, 1.807) is 6.20 Å². The summed E-state index contributed by atoms with van der Waals surface area (Å²) >= 11 is 1.39. The first kappa shape index (κ1) is 26.3. The lowest BCUT2D eigenvalue weighted by Gasteiger charge is -2.60. The average Bonchev–Trinajstić information content (AvgIpc) is 3.39. The van der Waals surface area contributed by atoms with Gasteiger partial charge in [0.05, 0.1) is 34.3 Å². The Hall–Kier alpha value is -1.96. The van der Waals surface area contributed by atoms with Crippen LogP contribution in [0.1, 0.15) is 78.0 Å². The molecule has 2 aromatic rings. The van der Waals surface area contributed by atoms with Crippen molar-refractivity contribution in [2.75, 3.05) is 5.75 Å². The number of aromatic nitrogens is 3. The maximum atomic E-state index is 13.6. The molecule has 2 heterocycles. The summed E-state index contributed by atoms with van der Waals surface area (Å²) in [6, 6.07) is 5.66. The third-order valence-electron chi connectivity index (χ3n) is 10.7. The summed E-state index contributed by atoms with van der Waals surface area (Å²) in [6.45, 7) is 11.0. The average molecular weight is 536 g/mol. The summed E-state index contributed by atoms with van der Waals surface area (Å²) in [5.41, 5.74) is 1.65. The van der Waals surface area contributed by atoms with E-state index in [1.807, 2.05) is 24.4 Å². The first-order valence-corrected chi connectivity index (χ1v) is 15.1. The van der Waals surface area contributed by atoms with Crippen molar-refractivity contribution in [1.82, 2.24) is 14.8 Å². The van der Waals surface area contributed by atoms with Crippen LogP contribution in [0.25, 0.3) is 6.08 Å². The fraction of sp³-hybridized carbons (Fsp3) is 0.645. The fourth-order valence-corrected chi connectivity index (χ4v) is 9.70. The molecule has 0 radical (unpaired) electrons. The summed E-state index contributed by atoms with van der Waals surface area (Å²) in [5, 5.41) is 29.4. The lowest BCUT2D eigenvalue weighted by Crippen LogP contribution is -2.62. The topological polar surface area (TPSA) is 88.2 Å². The number of hydrogen-bond donors (Lipinski definition) is 2. The standard InChI is InChI=1S/C31H41N3O3S/c1-28(2,3)34-23-14-20-9-10-21-22-11-12-31(37,25(36)18-38-26-8-6-7-13-32-26)30(22,5)16-24(35)27(21)29(20,4)15-19(23)17-33-34/h6-8,13-14,17,21-22,24,27,35,37H,9-12,15-16,18H2,1-5H3/t21?,22?,24-,27?,29?,30?,31?/m0/s1. The molecule has 2 aromatic heterocycles. The highest BCUT2D eigenvalue weighted by Crippen LogP contribution is 2.67. The summed E-state index contributed by atoms with van der Waals surface area (Å²) in [5.74, 6) is 0.707. The van der Waals surface area contributed by atoms with E-state index in [9.17, 15) is 15.0 Å². The number of ketones is 1. The van der Waals surface area contributed by atoms with Crippen LogP contribution in [-0.4, -0.2) is 48.2 Å². The third-order valence-corrected chi connectivity index (χ3v) is 11.6. The van der Waals surface area contributed by atoms with Gasteiger partial charge in [0.2, 0.25) is 0 Å². The van der Waals surface area contributed by atoms with E-state index in [1.165, 1.54) is 28.6 Å². The molecule has 0 aromatic carbocycles. The first-order chi connectivity index (χ1) is 17.9. The van der Waals surface area contributed by atoms with Crippen molar-refractivity contribution >= 4 is 23.6 Å². The number of pyridine rings is 1. The Bertz CT molecular complexity index is 1280. The molecule has 6 unspecified atom stereocenters. The highest BCUT2D eigenvalue weighted by Gasteiger charge is 2.68. The van der Waals surface area contributed by atoms with Gasteiger partial charge in [0.25, 0.3) is 0 Å². The second-order valence-corrected chi connectivity index (χ2v) is 14.7. The zero-order chi connectivity index (χ0) is 27.1. The van der Waals surface area contributed by atoms with Gasteiger partial charge < -0.3 is 10.2 Å². The van der Waals surface area contributed by atoms with Crippen molar-refractivity contribution in [3.63, 3.8) is 0 Å². The van der Waals surface area contributed by atoms with E-state index in [0.717, 1.165) is 30.7 Å². The van der Waals surface area contributed by atoms with Crippen molar-refractivity contribution in [2.24, 2.45) is 28.6 Å². The SMILES string of the molecule is CC12Cc3cnn(C(C)(C)C)c3C=C1CCC1C2[C@@H](O)CC2(C)C1CCC2(O)C(=O)CSc1ccccn1. The molecule has 4 aliphatic carbocycles. The van der Waals surface area contributed by atoms with Gasteiger partial charge >= 0.3 is 0 Å². The molecule has 0 saturated heterocycles. The van der Waals surface area contributed by atoms with Crippen LogP contribution >= 0.6 is 11.8 Å². The molecule has 2 N–H and O–H groups in total. The molecule has 3 fully saturated rings. The molecule has 38 heavy (non-hydrogen) atoms. The lowest BCUT2D eigenvalue weighted by molar-refractivity contribution is -0.177. The lowest BCUT2D eigenvalue weighted by atomic mass is 9.45. The van der Waals surface area contributed by atoms with Gasteiger partial charge in [-0.05, 0) is 106 Å². The molecule has 204 valence electrons. The molecule has 4 aliphatic rings. The molecule has 7 heteroatoms. The molecule has 6 rings (SSSR count). The van der Waals surface area contributed by atoms with Gasteiger partial charge in [0.15, 0.2) is 5.78 Å². The van der Waals surface area contributed by atoms with Crippen molar-refractivity contribution in [2.45, 2.75) is 95.4 Å². The van der Waals surface area contributed by atoms with Crippen LogP contribution < -0.4 is 0 Å². The van der Waals surface area contributed by atoms with Gasteiger partial charge in [-0.3, -0.25) is 9.48 Å². The molecule has 0 spiro atoms. The van der Waals surface area contributed by atoms with Crippen LogP contribution in [0.15, 0.2) is 41.2 Å². The minimum absolute atomic E-state index is 0.0859. The number of fused-ring (bicyclic) bond motifs is 6. The van der Waals surface area contributed by atoms with Crippen LogP contribution in [0.4, 0.5) is 0 Å². The van der Waals surface area contributed by atoms with Crippen LogP contribution in [0.2, 0.25) is 0 Å². The van der Waals surface area contributed by atoms with E-state index in [2.05, 4.69) is 50.4 Å². The Morgan fingerprint density at radius 3 is 2.74 bits per heavy atom. The number of nitrogens with zero attached hydrogens (tertiary/aromatic N) is 3. The molecular formula is C31H41N3O3S. The minimum Gasteiger partial charge on any atom is -0.393 e. The molecule has 6 nitrogen and oxygen atoms in total. The predicted octanol–water partition coefficient (Wildman–Crippen LogP) is 5.28. The zero-order valence-electron chi connectivity index (χ0n) is 23.3.